The highest BCUT2D eigenvalue weighted by Crippen LogP contribution is 2.10. The van der Waals surface area contributed by atoms with Crippen LogP contribution in [0.5, 0.6) is 5.75 Å². The van der Waals surface area contributed by atoms with Gasteiger partial charge in [-0.05, 0) is 32.7 Å². The summed E-state index contributed by atoms with van der Waals surface area (Å²) in [6, 6.07) is 0. The van der Waals surface area contributed by atoms with Crippen molar-refractivity contribution in [3.63, 3.8) is 0 Å². The van der Waals surface area contributed by atoms with E-state index in [4.69, 9.17) is 4.74 Å². The molecule has 78 valence electrons. The third kappa shape index (κ3) is 4.17. The van der Waals surface area contributed by atoms with E-state index in [-0.39, 0.29) is 0 Å². The van der Waals surface area contributed by atoms with Gasteiger partial charge in [0.1, 0.15) is 11.6 Å². The lowest BCUT2D eigenvalue weighted by molar-refractivity contribution is 0.423. The monoisotopic (exact) mass is 203 g/mol. The van der Waals surface area contributed by atoms with E-state index in [0.29, 0.717) is 5.75 Å². The Morgan fingerprint density at radius 3 is 2.73 bits per heavy atom. The summed E-state index contributed by atoms with van der Waals surface area (Å²) in [7, 11) is 0. The van der Waals surface area contributed by atoms with Crippen molar-refractivity contribution in [3.8, 4) is 5.75 Å². The molecular formula is C11H13N3O. The van der Waals surface area contributed by atoms with Gasteiger partial charge in [0.25, 0.3) is 0 Å². The molecule has 4 nitrogen and oxygen atoms in total. The summed E-state index contributed by atoms with van der Waals surface area (Å²) < 4.78 is 5.44. The summed E-state index contributed by atoms with van der Waals surface area (Å²) in [4.78, 5) is 11.6. The highest BCUT2D eigenvalue weighted by atomic mass is 16.5. The Kier molecular flexibility index (Phi) is 4.22. The van der Waals surface area contributed by atoms with Gasteiger partial charge < -0.3 is 4.74 Å². The van der Waals surface area contributed by atoms with E-state index in [9.17, 15) is 0 Å². The Hall–Kier alpha value is -1.97. The second-order valence-electron chi connectivity index (χ2n) is 2.87. The maximum absolute atomic E-state index is 5.44. The third-order valence-electron chi connectivity index (χ3n) is 1.56. The molecule has 0 atom stereocenters. The van der Waals surface area contributed by atoms with Crippen LogP contribution in [0.15, 0.2) is 41.5 Å². The first-order valence-electron chi connectivity index (χ1n) is 4.48. The van der Waals surface area contributed by atoms with Gasteiger partial charge >= 0.3 is 0 Å². The molecule has 0 N–H and O–H groups in total. The first-order chi connectivity index (χ1) is 7.22. The molecule has 0 bridgehead atoms. The molecule has 4 heteroatoms. The average molecular weight is 203 g/mol. The van der Waals surface area contributed by atoms with Gasteiger partial charge in [-0.25, -0.2) is 9.97 Å². The normalized spacial score (nSPS) is 11.7. The molecule has 15 heavy (non-hydrogen) atoms. The fourth-order valence-electron chi connectivity index (χ4n) is 0.893. The summed E-state index contributed by atoms with van der Waals surface area (Å²) in [6.07, 6.45) is 8.38. The van der Waals surface area contributed by atoms with Crippen molar-refractivity contribution in [2.75, 3.05) is 0 Å². The standard InChI is InChI=1S/C11H13N3O/c1-9(5-4-6-12-3)15-11-7-13-10(2)14-8-11/h4-8H,3H2,1-2H3/b6-4-,9-5+. The number of allylic oxidation sites excluding steroid dienone is 3. The van der Waals surface area contributed by atoms with E-state index in [1.807, 2.05) is 13.8 Å². The number of nitrogens with zero attached hydrogens (tertiary/aromatic N) is 3. The molecule has 0 aromatic carbocycles. The first-order valence-corrected chi connectivity index (χ1v) is 4.48. The summed E-state index contributed by atoms with van der Waals surface area (Å²) in [5.74, 6) is 2.08. The molecule has 1 rings (SSSR count). The van der Waals surface area contributed by atoms with Gasteiger partial charge in [0.2, 0.25) is 0 Å². The van der Waals surface area contributed by atoms with Gasteiger partial charge in [-0.15, -0.1) is 0 Å². The van der Waals surface area contributed by atoms with E-state index in [2.05, 4.69) is 21.7 Å². The zero-order valence-corrected chi connectivity index (χ0v) is 8.84. The number of rotatable bonds is 4. The first kappa shape index (κ1) is 11.1. The zero-order chi connectivity index (χ0) is 11.1. The van der Waals surface area contributed by atoms with Crippen LogP contribution in [-0.4, -0.2) is 16.7 Å². The zero-order valence-electron chi connectivity index (χ0n) is 8.84. The van der Waals surface area contributed by atoms with Gasteiger partial charge in [0.15, 0.2) is 5.75 Å². The van der Waals surface area contributed by atoms with Crippen molar-refractivity contribution in [2.45, 2.75) is 13.8 Å². The van der Waals surface area contributed by atoms with Crippen molar-refractivity contribution in [2.24, 2.45) is 4.99 Å². The SMILES string of the molecule is C=N/C=C\C=C(/C)Oc1cnc(C)nc1. The van der Waals surface area contributed by atoms with Crippen LogP contribution in [0.3, 0.4) is 0 Å². The maximum Gasteiger partial charge on any atom is 0.163 e. The molecule has 0 aliphatic carbocycles. The summed E-state index contributed by atoms with van der Waals surface area (Å²) in [5.41, 5.74) is 0. The molecule has 1 aromatic heterocycles. The van der Waals surface area contributed by atoms with E-state index >= 15 is 0 Å². The van der Waals surface area contributed by atoms with Crippen molar-refractivity contribution in [3.05, 3.63) is 42.3 Å². The van der Waals surface area contributed by atoms with Crippen molar-refractivity contribution in [1.29, 1.82) is 0 Å². The summed E-state index contributed by atoms with van der Waals surface area (Å²) in [6.45, 7) is 6.99. The Morgan fingerprint density at radius 2 is 2.13 bits per heavy atom. The number of aromatic nitrogens is 2. The van der Waals surface area contributed by atoms with E-state index in [1.165, 1.54) is 0 Å². The number of aryl methyl sites for hydroxylation is 1. The van der Waals surface area contributed by atoms with Crippen molar-refractivity contribution in [1.82, 2.24) is 9.97 Å². The fraction of sp³-hybridized carbons (Fsp3) is 0.182. The molecule has 0 aliphatic heterocycles. The molecule has 0 saturated heterocycles. The Balaban J connectivity index is 2.61. The molecule has 0 amide bonds. The van der Waals surface area contributed by atoms with Crippen LogP contribution >= 0.6 is 0 Å². The van der Waals surface area contributed by atoms with Gasteiger partial charge in [-0.2, -0.15) is 0 Å². The minimum Gasteiger partial charge on any atom is -0.459 e. The minimum absolute atomic E-state index is 0.620. The molecule has 1 aromatic rings. The highest BCUT2D eigenvalue weighted by molar-refractivity contribution is 5.26. The second-order valence-corrected chi connectivity index (χ2v) is 2.87. The van der Waals surface area contributed by atoms with Crippen LogP contribution in [0.4, 0.5) is 0 Å². The molecule has 0 spiro atoms. The second kappa shape index (κ2) is 5.70. The number of aliphatic imine (C=N–C) groups is 1. The largest absolute Gasteiger partial charge is 0.459 e. The van der Waals surface area contributed by atoms with E-state index in [1.54, 1.807) is 30.7 Å². The van der Waals surface area contributed by atoms with Gasteiger partial charge in [-0.3, -0.25) is 4.99 Å². The lowest BCUT2D eigenvalue weighted by Crippen LogP contribution is -1.93. The van der Waals surface area contributed by atoms with Gasteiger partial charge in [-0.1, -0.05) is 0 Å². The Labute approximate surface area is 89.1 Å². The highest BCUT2D eigenvalue weighted by Gasteiger charge is 1.95. The molecule has 0 fully saturated rings. The molecule has 1 heterocycles. The lowest BCUT2D eigenvalue weighted by Gasteiger charge is -2.03. The average Bonchev–Trinajstić information content (AvgIpc) is 2.22. The molecular weight excluding hydrogens is 190 g/mol. The van der Waals surface area contributed by atoms with Crippen LogP contribution in [-0.2, 0) is 0 Å². The number of ether oxygens (including phenoxy) is 1. The van der Waals surface area contributed by atoms with Crippen LogP contribution in [0.25, 0.3) is 0 Å². The minimum atomic E-state index is 0.620. The van der Waals surface area contributed by atoms with Crippen molar-refractivity contribution >= 4 is 6.72 Å². The Morgan fingerprint density at radius 1 is 1.47 bits per heavy atom. The third-order valence-corrected chi connectivity index (χ3v) is 1.56. The summed E-state index contributed by atoms with van der Waals surface area (Å²) in [5, 5.41) is 0. The Bertz CT molecular complexity index is 379. The van der Waals surface area contributed by atoms with Gasteiger partial charge in [0, 0.05) is 6.20 Å². The molecule has 0 unspecified atom stereocenters. The van der Waals surface area contributed by atoms with Crippen LogP contribution in [0.1, 0.15) is 12.7 Å². The molecule has 0 radical (unpaired) electrons. The van der Waals surface area contributed by atoms with E-state index in [0.717, 1.165) is 11.6 Å². The molecule has 0 aliphatic rings. The number of hydrogen-bond acceptors (Lipinski definition) is 4. The van der Waals surface area contributed by atoms with Gasteiger partial charge in [0.05, 0.1) is 12.4 Å². The quantitative estimate of drug-likeness (QED) is 0.428. The summed E-state index contributed by atoms with van der Waals surface area (Å²) >= 11 is 0. The van der Waals surface area contributed by atoms with Crippen LogP contribution in [0.2, 0.25) is 0 Å². The van der Waals surface area contributed by atoms with E-state index < -0.39 is 0 Å². The maximum atomic E-state index is 5.44. The molecule has 0 saturated carbocycles. The number of hydrogen-bond donors (Lipinski definition) is 0. The topological polar surface area (TPSA) is 47.4 Å². The predicted octanol–water partition coefficient (Wildman–Crippen LogP) is 2.28. The fourth-order valence-corrected chi connectivity index (χ4v) is 0.893. The van der Waals surface area contributed by atoms with Crippen molar-refractivity contribution < 1.29 is 4.74 Å². The smallest absolute Gasteiger partial charge is 0.163 e. The van der Waals surface area contributed by atoms with Crippen LogP contribution < -0.4 is 4.74 Å². The predicted molar refractivity (Wildman–Crippen MR) is 59.8 cm³/mol. The van der Waals surface area contributed by atoms with Crippen LogP contribution in [0, 0.1) is 6.92 Å². The lowest BCUT2D eigenvalue weighted by atomic mass is 10.4.